The molecule has 2 heterocycles. The fourth-order valence-electron chi connectivity index (χ4n) is 2.30. The number of aromatic amines is 1. The molecule has 1 aliphatic rings. The minimum atomic E-state index is 0.434. The Morgan fingerprint density at radius 3 is 3.13 bits per heavy atom. The molecule has 15 heavy (non-hydrogen) atoms. The van der Waals surface area contributed by atoms with Crippen molar-refractivity contribution in [3.8, 4) is 0 Å². The minimum Gasteiger partial charge on any atom is -0.310 e. The van der Waals surface area contributed by atoms with Gasteiger partial charge in [0.1, 0.15) is 5.15 Å². The lowest BCUT2D eigenvalue weighted by Gasteiger charge is -2.11. The Morgan fingerprint density at radius 2 is 2.33 bits per heavy atom. The third-order valence-electron chi connectivity index (χ3n) is 3.00. The SMILES string of the molecule is Clc1[nH]nc2cccc(C3CCCN3)c12. The molecule has 1 saturated heterocycles. The van der Waals surface area contributed by atoms with E-state index in [1.165, 1.54) is 18.4 Å². The van der Waals surface area contributed by atoms with Gasteiger partial charge in [0.15, 0.2) is 0 Å². The number of H-pyrrole nitrogens is 1. The normalized spacial score (nSPS) is 21.3. The van der Waals surface area contributed by atoms with E-state index >= 15 is 0 Å². The lowest BCUT2D eigenvalue weighted by atomic mass is 10.0. The highest BCUT2D eigenvalue weighted by Gasteiger charge is 2.20. The van der Waals surface area contributed by atoms with Crippen LogP contribution in [0.1, 0.15) is 24.4 Å². The van der Waals surface area contributed by atoms with Crippen molar-refractivity contribution in [2.75, 3.05) is 6.54 Å². The quantitative estimate of drug-likeness (QED) is 0.777. The van der Waals surface area contributed by atoms with Crippen LogP contribution >= 0.6 is 11.6 Å². The second kappa shape index (κ2) is 3.51. The molecule has 0 aliphatic carbocycles. The number of hydrogen-bond acceptors (Lipinski definition) is 2. The molecule has 1 aliphatic heterocycles. The van der Waals surface area contributed by atoms with E-state index in [0.29, 0.717) is 11.2 Å². The number of nitrogens with one attached hydrogen (secondary N) is 2. The Morgan fingerprint density at radius 1 is 1.40 bits per heavy atom. The van der Waals surface area contributed by atoms with E-state index in [1.807, 2.05) is 12.1 Å². The van der Waals surface area contributed by atoms with Gasteiger partial charge in [0.05, 0.1) is 5.52 Å². The molecule has 3 rings (SSSR count). The third kappa shape index (κ3) is 1.43. The van der Waals surface area contributed by atoms with Crippen molar-refractivity contribution in [1.29, 1.82) is 0 Å². The molecule has 1 atom stereocenters. The Balaban J connectivity index is 2.19. The molecule has 0 spiro atoms. The summed E-state index contributed by atoms with van der Waals surface area (Å²) in [6.07, 6.45) is 2.41. The maximum atomic E-state index is 6.11. The van der Waals surface area contributed by atoms with Gasteiger partial charge in [-0.05, 0) is 31.0 Å². The average molecular weight is 222 g/mol. The summed E-state index contributed by atoms with van der Waals surface area (Å²) in [5.41, 5.74) is 2.22. The van der Waals surface area contributed by atoms with E-state index in [9.17, 15) is 0 Å². The number of halogens is 1. The first-order valence-electron chi connectivity index (χ1n) is 5.22. The summed E-state index contributed by atoms with van der Waals surface area (Å²) < 4.78 is 0. The van der Waals surface area contributed by atoms with E-state index in [-0.39, 0.29) is 0 Å². The van der Waals surface area contributed by atoms with Gasteiger partial charge in [-0.3, -0.25) is 5.10 Å². The molecular weight excluding hydrogens is 210 g/mol. The second-order valence-electron chi connectivity index (χ2n) is 3.93. The van der Waals surface area contributed by atoms with E-state index < -0.39 is 0 Å². The molecule has 4 heteroatoms. The molecular formula is C11H12ClN3. The van der Waals surface area contributed by atoms with Crippen LogP contribution in [0.2, 0.25) is 5.15 Å². The van der Waals surface area contributed by atoms with Gasteiger partial charge in [0, 0.05) is 11.4 Å². The number of rotatable bonds is 1. The van der Waals surface area contributed by atoms with Gasteiger partial charge in [-0.25, -0.2) is 0 Å². The van der Waals surface area contributed by atoms with Gasteiger partial charge in [0.2, 0.25) is 0 Å². The van der Waals surface area contributed by atoms with Crippen LogP contribution in [0.5, 0.6) is 0 Å². The van der Waals surface area contributed by atoms with Crippen molar-refractivity contribution >= 4 is 22.5 Å². The Hall–Kier alpha value is -1.06. The zero-order valence-electron chi connectivity index (χ0n) is 8.26. The van der Waals surface area contributed by atoms with Gasteiger partial charge in [-0.2, -0.15) is 5.10 Å². The monoisotopic (exact) mass is 221 g/mol. The molecule has 1 fully saturated rings. The fourth-order valence-corrected chi connectivity index (χ4v) is 2.54. The van der Waals surface area contributed by atoms with Crippen molar-refractivity contribution in [3.05, 3.63) is 28.9 Å². The molecule has 1 unspecified atom stereocenters. The number of nitrogens with zero attached hydrogens (tertiary/aromatic N) is 1. The maximum Gasteiger partial charge on any atom is 0.132 e. The van der Waals surface area contributed by atoms with E-state index in [0.717, 1.165) is 17.4 Å². The van der Waals surface area contributed by atoms with Gasteiger partial charge in [-0.1, -0.05) is 23.7 Å². The summed E-state index contributed by atoms with van der Waals surface area (Å²) in [7, 11) is 0. The highest BCUT2D eigenvalue weighted by atomic mass is 35.5. The number of hydrogen-bond donors (Lipinski definition) is 2. The van der Waals surface area contributed by atoms with Crippen LogP contribution in [-0.4, -0.2) is 16.7 Å². The first-order chi connectivity index (χ1) is 7.36. The number of aromatic nitrogens is 2. The molecule has 1 aromatic carbocycles. The van der Waals surface area contributed by atoms with E-state index in [4.69, 9.17) is 11.6 Å². The second-order valence-corrected chi connectivity index (χ2v) is 4.31. The van der Waals surface area contributed by atoms with Gasteiger partial charge in [-0.15, -0.1) is 0 Å². The summed E-state index contributed by atoms with van der Waals surface area (Å²) in [6.45, 7) is 1.09. The maximum absolute atomic E-state index is 6.11. The van der Waals surface area contributed by atoms with Crippen molar-refractivity contribution in [2.24, 2.45) is 0 Å². The zero-order valence-corrected chi connectivity index (χ0v) is 9.01. The lowest BCUT2D eigenvalue weighted by Crippen LogP contribution is -2.12. The Labute approximate surface area is 92.8 Å². The topological polar surface area (TPSA) is 40.7 Å². The Kier molecular flexibility index (Phi) is 2.15. The summed E-state index contributed by atoms with van der Waals surface area (Å²) in [5.74, 6) is 0. The summed E-state index contributed by atoms with van der Waals surface area (Å²) in [4.78, 5) is 0. The van der Waals surface area contributed by atoms with Crippen molar-refractivity contribution in [1.82, 2.24) is 15.5 Å². The van der Waals surface area contributed by atoms with E-state index in [1.54, 1.807) is 0 Å². The van der Waals surface area contributed by atoms with Crippen molar-refractivity contribution in [2.45, 2.75) is 18.9 Å². The Bertz CT molecular complexity index is 486. The molecule has 0 bridgehead atoms. The van der Waals surface area contributed by atoms with Crippen molar-refractivity contribution in [3.63, 3.8) is 0 Å². The van der Waals surface area contributed by atoms with E-state index in [2.05, 4.69) is 21.6 Å². The van der Waals surface area contributed by atoms with Crippen LogP contribution < -0.4 is 5.32 Å². The summed E-state index contributed by atoms with van der Waals surface area (Å²) in [6, 6.07) is 6.58. The van der Waals surface area contributed by atoms with Crippen LogP contribution in [0.4, 0.5) is 0 Å². The summed E-state index contributed by atoms with van der Waals surface area (Å²) >= 11 is 6.11. The first kappa shape index (κ1) is 9.19. The van der Waals surface area contributed by atoms with Gasteiger partial charge < -0.3 is 5.32 Å². The predicted molar refractivity (Wildman–Crippen MR) is 61.1 cm³/mol. The van der Waals surface area contributed by atoms with Crippen LogP contribution in [0, 0.1) is 0 Å². The lowest BCUT2D eigenvalue weighted by molar-refractivity contribution is 0.653. The molecule has 1 aromatic heterocycles. The number of fused-ring (bicyclic) bond motifs is 1. The molecule has 2 N–H and O–H groups in total. The van der Waals surface area contributed by atoms with Crippen LogP contribution in [0.3, 0.4) is 0 Å². The first-order valence-corrected chi connectivity index (χ1v) is 5.60. The van der Waals surface area contributed by atoms with Crippen LogP contribution in [-0.2, 0) is 0 Å². The zero-order chi connectivity index (χ0) is 10.3. The average Bonchev–Trinajstić information content (AvgIpc) is 2.88. The largest absolute Gasteiger partial charge is 0.310 e. The van der Waals surface area contributed by atoms with Crippen molar-refractivity contribution < 1.29 is 0 Å². The minimum absolute atomic E-state index is 0.434. The third-order valence-corrected chi connectivity index (χ3v) is 3.28. The molecule has 2 aromatic rings. The standard InChI is InChI=1S/C11H12ClN3/c12-11-10-7(8-5-2-6-13-8)3-1-4-9(10)14-15-11/h1,3-4,8,13H,2,5-6H2,(H,14,15). The highest BCUT2D eigenvalue weighted by Crippen LogP contribution is 2.32. The molecule has 0 saturated carbocycles. The predicted octanol–water partition coefficient (Wildman–Crippen LogP) is 2.64. The van der Waals surface area contributed by atoms with Crippen LogP contribution in [0.25, 0.3) is 10.9 Å². The van der Waals surface area contributed by atoms with Crippen LogP contribution in [0.15, 0.2) is 18.2 Å². The number of benzene rings is 1. The fraction of sp³-hybridized carbons (Fsp3) is 0.364. The molecule has 0 amide bonds. The van der Waals surface area contributed by atoms with Gasteiger partial charge >= 0.3 is 0 Å². The summed E-state index contributed by atoms with van der Waals surface area (Å²) in [5, 5.41) is 12.2. The molecule has 78 valence electrons. The van der Waals surface area contributed by atoms with Gasteiger partial charge in [0.25, 0.3) is 0 Å². The molecule has 3 nitrogen and oxygen atoms in total. The molecule has 0 radical (unpaired) electrons. The smallest absolute Gasteiger partial charge is 0.132 e. The highest BCUT2D eigenvalue weighted by molar-refractivity contribution is 6.34.